The van der Waals surface area contributed by atoms with Crippen LogP contribution in [0.15, 0.2) is 0 Å². The minimum Gasteiger partial charge on any atom is -0.383 e. The quantitative estimate of drug-likeness (QED) is 0.855. The molecule has 0 radical (unpaired) electrons. The summed E-state index contributed by atoms with van der Waals surface area (Å²) in [5.41, 5.74) is 7.88. The zero-order valence-corrected chi connectivity index (χ0v) is 11.0. The molecule has 0 aliphatic carbocycles. The van der Waals surface area contributed by atoms with Gasteiger partial charge in [0.2, 0.25) is 0 Å². The lowest BCUT2D eigenvalue weighted by Crippen LogP contribution is -2.07. The molecule has 2 rings (SSSR count). The van der Waals surface area contributed by atoms with E-state index in [1.165, 1.54) is 0 Å². The van der Waals surface area contributed by atoms with E-state index in [9.17, 15) is 0 Å². The number of anilines is 1. The van der Waals surface area contributed by atoms with Crippen molar-refractivity contribution in [3.05, 3.63) is 5.69 Å². The third-order valence-corrected chi connectivity index (χ3v) is 3.12. The number of fused-ring (bicyclic) bond motifs is 1. The maximum absolute atomic E-state index is 5.94. The van der Waals surface area contributed by atoms with Gasteiger partial charge in [0, 0.05) is 0 Å². The van der Waals surface area contributed by atoms with E-state index in [2.05, 4.69) is 43.0 Å². The van der Waals surface area contributed by atoms with Crippen molar-refractivity contribution in [3.63, 3.8) is 0 Å². The Morgan fingerprint density at radius 2 is 2.06 bits per heavy atom. The number of aromatic amines is 1. The zero-order chi connectivity index (χ0) is 12.6. The first-order valence-electron chi connectivity index (χ1n) is 6.25. The van der Waals surface area contributed by atoms with Gasteiger partial charge in [-0.25, -0.2) is 4.68 Å². The Hall–Kier alpha value is -1.52. The predicted octanol–water partition coefficient (Wildman–Crippen LogP) is 2.51. The van der Waals surface area contributed by atoms with Crippen LogP contribution >= 0.6 is 0 Å². The Morgan fingerprint density at radius 3 is 2.65 bits per heavy atom. The van der Waals surface area contributed by atoms with Crippen molar-refractivity contribution >= 4 is 16.9 Å². The number of hydrogen-bond donors (Lipinski definition) is 2. The highest BCUT2D eigenvalue weighted by atomic mass is 15.4. The predicted molar refractivity (Wildman–Crippen MR) is 69.8 cm³/mol. The van der Waals surface area contributed by atoms with Gasteiger partial charge in [-0.1, -0.05) is 20.8 Å². The summed E-state index contributed by atoms with van der Waals surface area (Å²) in [6.45, 7) is 8.67. The summed E-state index contributed by atoms with van der Waals surface area (Å²) < 4.78 is 1.99. The van der Waals surface area contributed by atoms with Crippen LogP contribution in [0.25, 0.3) is 11.0 Å². The lowest BCUT2D eigenvalue weighted by atomic mass is 10.1. The van der Waals surface area contributed by atoms with E-state index < -0.39 is 0 Å². The van der Waals surface area contributed by atoms with E-state index in [-0.39, 0.29) is 0 Å². The third kappa shape index (κ3) is 2.01. The van der Waals surface area contributed by atoms with Crippen LogP contribution in [-0.4, -0.2) is 20.0 Å². The van der Waals surface area contributed by atoms with E-state index >= 15 is 0 Å². The number of nitrogen functional groups attached to an aromatic ring is 1. The molecule has 2 aromatic heterocycles. The number of nitrogens with one attached hydrogen (secondary N) is 1. The van der Waals surface area contributed by atoms with Gasteiger partial charge in [0.05, 0.1) is 17.1 Å². The first-order valence-corrected chi connectivity index (χ1v) is 6.25. The molecule has 5 nitrogen and oxygen atoms in total. The molecule has 1 atom stereocenters. The first-order chi connectivity index (χ1) is 8.04. The molecule has 3 N–H and O–H groups in total. The van der Waals surface area contributed by atoms with Gasteiger partial charge in [0.15, 0.2) is 5.65 Å². The molecule has 0 amide bonds. The summed E-state index contributed by atoms with van der Waals surface area (Å²) in [6.07, 6.45) is 1.97. The van der Waals surface area contributed by atoms with Gasteiger partial charge in [-0.2, -0.15) is 10.2 Å². The number of hydrogen-bond acceptors (Lipinski definition) is 3. The van der Waals surface area contributed by atoms with Crippen LogP contribution in [0.5, 0.6) is 0 Å². The van der Waals surface area contributed by atoms with Crippen molar-refractivity contribution in [1.82, 2.24) is 20.0 Å². The second-order valence-electron chi connectivity index (χ2n) is 5.08. The Morgan fingerprint density at radius 1 is 1.35 bits per heavy atom. The topological polar surface area (TPSA) is 72.5 Å². The highest BCUT2D eigenvalue weighted by Gasteiger charge is 2.19. The lowest BCUT2D eigenvalue weighted by Gasteiger charge is -2.08. The van der Waals surface area contributed by atoms with E-state index in [1.807, 2.05) is 4.68 Å². The molecule has 2 aromatic rings. The van der Waals surface area contributed by atoms with Gasteiger partial charge < -0.3 is 5.73 Å². The maximum atomic E-state index is 5.94. The molecule has 94 valence electrons. The van der Waals surface area contributed by atoms with Gasteiger partial charge in [0.25, 0.3) is 0 Å². The van der Waals surface area contributed by atoms with Crippen LogP contribution in [0.4, 0.5) is 5.82 Å². The van der Waals surface area contributed by atoms with Gasteiger partial charge in [0.1, 0.15) is 5.82 Å². The van der Waals surface area contributed by atoms with Crippen molar-refractivity contribution in [2.75, 3.05) is 5.73 Å². The van der Waals surface area contributed by atoms with E-state index in [0.29, 0.717) is 17.8 Å². The summed E-state index contributed by atoms with van der Waals surface area (Å²) in [4.78, 5) is 0. The number of H-pyrrole nitrogens is 1. The molecular formula is C12H21N5. The molecule has 0 spiro atoms. The molecule has 0 aromatic carbocycles. The van der Waals surface area contributed by atoms with Crippen molar-refractivity contribution < 1.29 is 0 Å². The molecule has 0 aliphatic heterocycles. The number of nitrogens with zero attached hydrogens (tertiary/aromatic N) is 3. The second-order valence-corrected chi connectivity index (χ2v) is 5.08. The van der Waals surface area contributed by atoms with Gasteiger partial charge >= 0.3 is 0 Å². The van der Waals surface area contributed by atoms with Crippen LogP contribution in [0.3, 0.4) is 0 Å². The lowest BCUT2D eigenvalue weighted by molar-refractivity contribution is 0.479. The monoisotopic (exact) mass is 235 g/mol. The minimum atomic E-state index is 0.348. The fourth-order valence-electron chi connectivity index (χ4n) is 2.03. The van der Waals surface area contributed by atoms with Crippen molar-refractivity contribution in [1.29, 1.82) is 0 Å². The highest BCUT2D eigenvalue weighted by Crippen LogP contribution is 2.27. The first kappa shape index (κ1) is 12.0. The molecule has 5 heteroatoms. The average molecular weight is 235 g/mol. The molecule has 0 aliphatic rings. The van der Waals surface area contributed by atoms with Gasteiger partial charge in [-0.05, 0) is 25.7 Å². The smallest absolute Gasteiger partial charge is 0.182 e. The average Bonchev–Trinajstić information content (AvgIpc) is 2.80. The summed E-state index contributed by atoms with van der Waals surface area (Å²) in [5, 5.41) is 12.8. The number of rotatable bonds is 4. The Bertz CT molecular complexity index is 508. The highest BCUT2D eigenvalue weighted by molar-refractivity contribution is 5.89. The fraction of sp³-hybridized carbons (Fsp3) is 0.667. The molecule has 1 unspecified atom stereocenters. The molecule has 17 heavy (non-hydrogen) atoms. The van der Waals surface area contributed by atoms with Crippen molar-refractivity contribution in [2.45, 2.75) is 46.6 Å². The number of nitrogens with two attached hydrogens (primary N) is 1. The molecular weight excluding hydrogens is 214 g/mol. The Kier molecular flexibility index (Phi) is 3.09. The van der Waals surface area contributed by atoms with Crippen LogP contribution in [-0.2, 0) is 6.42 Å². The molecule has 2 heterocycles. The summed E-state index contributed by atoms with van der Waals surface area (Å²) in [5.74, 6) is 1.19. The summed E-state index contributed by atoms with van der Waals surface area (Å²) in [6, 6.07) is 0.348. The standard InChI is InChI=1S/C12H21N5/c1-5-8(4)17-12-10(11(13)14-15-12)9(16-17)6-7(2)3/h7-8H,5-6H2,1-4H3,(H3,13,14,15). The van der Waals surface area contributed by atoms with E-state index in [0.717, 1.165) is 29.6 Å². The SMILES string of the molecule is CCC(C)n1nc(CC(C)C)c2c(N)[nH]nc21. The summed E-state index contributed by atoms with van der Waals surface area (Å²) >= 11 is 0. The van der Waals surface area contributed by atoms with Crippen LogP contribution < -0.4 is 5.73 Å². The second kappa shape index (κ2) is 4.39. The normalized spacial score (nSPS) is 13.7. The van der Waals surface area contributed by atoms with E-state index in [4.69, 9.17) is 5.73 Å². The largest absolute Gasteiger partial charge is 0.383 e. The van der Waals surface area contributed by atoms with Crippen molar-refractivity contribution in [2.24, 2.45) is 5.92 Å². The van der Waals surface area contributed by atoms with Crippen molar-refractivity contribution in [3.8, 4) is 0 Å². The van der Waals surface area contributed by atoms with Gasteiger partial charge in [-0.3, -0.25) is 5.10 Å². The molecule has 0 saturated heterocycles. The Balaban J connectivity index is 2.55. The summed E-state index contributed by atoms with van der Waals surface area (Å²) in [7, 11) is 0. The zero-order valence-electron chi connectivity index (χ0n) is 11.0. The van der Waals surface area contributed by atoms with Crippen LogP contribution in [0.2, 0.25) is 0 Å². The minimum absolute atomic E-state index is 0.348. The molecule has 0 bridgehead atoms. The Labute approximate surface area is 101 Å². The number of aromatic nitrogens is 4. The third-order valence-electron chi connectivity index (χ3n) is 3.12. The fourth-order valence-corrected chi connectivity index (χ4v) is 2.03. The van der Waals surface area contributed by atoms with E-state index in [1.54, 1.807) is 0 Å². The van der Waals surface area contributed by atoms with Crippen LogP contribution in [0, 0.1) is 5.92 Å². The van der Waals surface area contributed by atoms with Gasteiger partial charge in [-0.15, -0.1) is 0 Å². The molecule has 0 fully saturated rings. The van der Waals surface area contributed by atoms with Crippen LogP contribution in [0.1, 0.15) is 45.9 Å². The maximum Gasteiger partial charge on any atom is 0.182 e. The molecule has 0 saturated carbocycles.